The van der Waals surface area contributed by atoms with Crippen molar-refractivity contribution >= 4 is 45.9 Å². The molecule has 6 nitrogen and oxygen atoms in total. The summed E-state index contributed by atoms with van der Waals surface area (Å²) in [6, 6.07) is 28.4. The molecule has 4 N–H and O–H groups in total. The molecule has 0 saturated heterocycles. The second-order valence-electron chi connectivity index (χ2n) is 7.50. The third-order valence-electron chi connectivity index (χ3n) is 5.45. The van der Waals surface area contributed by atoms with Gasteiger partial charge in [0.25, 0.3) is 11.8 Å². The predicted molar refractivity (Wildman–Crippen MR) is 128 cm³/mol. The predicted octanol–water partition coefficient (Wildman–Crippen LogP) is 5.12. The molecule has 0 unspecified atom stereocenters. The second kappa shape index (κ2) is 7.59. The van der Waals surface area contributed by atoms with E-state index in [1.54, 1.807) is 58.3 Å². The Labute approximate surface area is 185 Å². The van der Waals surface area contributed by atoms with Gasteiger partial charge in [-0.25, -0.2) is 0 Å². The summed E-state index contributed by atoms with van der Waals surface area (Å²) in [7, 11) is 0. The van der Waals surface area contributed by atoms with Gasteiger partial charge in [0.1, 0.15) is 0 Å². The maximum Gasteiger partial charge on any atom is 0.262 e. The van der Waals surface area contributed by atoms with E-state index in [1.807, 2.05) is 48.5 Å². The number of anilines is 6. The van der Waals surface area contributed by atoms with Crippen molar-refractivity contribution in [2.45, 2.75) is 0 Å². The first-order valence-electron chi connectivity index (χ1n) is 10.1. The molecule has 1 heterocycles. The average Bonchev–Trinajstić information content (AvgIpc) is 2.82. The first kappa shape index (κ1) is 19.4. The summed E-state index contributed by atoms with van der Waals surface area (Å²) in [6.07, 6.45) is 0. The van der Waals surface area contributed by atoms with Crippen molar-refractivity contribution < 1.29 is 9.59 Å². The summed E-state index contributed by atoms with van der Waals surface area (Å²) in [5, 5.41) is 0. The summed E-state index contributed by atoms with van der Waals surface area (Å²) in [6.45, 7) is 0. The summed E-state index contributed by atoms with van der Waals surface area (Å²) < 4.78 is 0. The van der Waals surface area contributed by atoms with E-state index in [2.05, 4.69) is 0 Å². The average molecular weight is 420 g/mol. The fraction of sp³-hybridized carbons (Fsp3) is 0. The minimum Gasteiger partial charge on any atom is -0.399 e. The van der Waals surface area contributed by atoms with Crippen molar-refractivity contribution in [1.82, 2.24) is 0 Å². The smallest absolute Gasteiger partial charge is 0.262 e. The molecule has 0 bridgehead atoms. The van der Waals surface area contributed by atoms with Crippen molar-refractivity contribution in [3.63, 3.8) is 0 Å². The number of carbonyl (C=O) groups is 2. The van der Waals surface area contributed by atoms with Gasteiger partial charge in [-0.2, -0.15) is 0 Å². The van der Waals surface area contributed by atoms with Crippen LogP contribution in [0.2, 0.25) is 0 Å². The van der Waals surface area contributed by atoms with Crippen LogP contribution in [-0.4, -0.2) is 11.8 Å². The minimum absolute atomic E-state index is 0.204. The number of fused-ring (bicyclic) bond motifs is 2. The lowest BCUT2D eigenvalue weighted by Crippen LogP contribution is -2.36. The third-order valence-corrected chi connectivity index (χ3v) is 5.45. The Morgan fingerprint density at radius 1 is 0.469 bits per heavy atom. The van der Waals surface area contributed by atoms with Gasteiger partial charge >= 0.3 is 0 Å². The van der Waals surface area contributed by atoms with E-state index >= 15 is 0 Å². The maximum absolute atomic E-state index is 13.6. The van der Waals surface area contributed by atoms with E-state index in [1.165, 1.54) is 0 Å². The molecule has 0 spiro atoms. The molecule has 0 saturated carbocycles. The van der Waals surface area contributed by atoms with Crippen molar-refractivity contribution in [1.29, 1.82) is 0 Å². The van der Waals surface area contributed by atoms with Crippen LogP contribution in [0.5, 0.6) is 0 Å². The Kier molecular flexibility index (Phi) is 4.60. The number of nitrogen functional groups attached to an aromatic ring is 2. The zero-order chi connectivity index (χ0) is 22.2. The van der Waals surface area contributed by atoms with Crippen LogP contribution >= 0.6 is 0 Å². The standard InChI is InChI=1S/C26H20N4O2/c27-19-13-9-17(10-14-19)25(31)29-21-5-1-2-6-22(21)30(24-8-4-3-7-23(24)29)26(32)18-11-15-20(28)16-12-18/h1-16H,27-28H2. The molecule has 0 aromatic heterocycles. The highest BCUT2D eigenvalue weighted by Gasteiger charge is 2.35. The van der Waals surface area contributed by atoms with Crippen molar-refractivity contribution in [3.05, 3.63) is 108 Å². The van der Waals surface area contributed by atoms with Crippen LogP contribution in [0, 0.1) is 0 Å². The highest BCUT2D eigenvalue weighted by atomic mass is 16.2. The van der Waals surface area contributed by atoms with E-state index in [4.69, 9.17) is 11.5 Å². The Bertz CT molecular complexity index is 1180. The molecular weight excluding hydrogens is 400 g/mol. The molecule has 4 aromatic rings. The molecule has 6 heteroatoms. The minimum atomic E-state index is -0.204. The molecule has 0 fully saturated rings. The Morgan fingerprint density at radius 2 is 0.750 bits per heavy atom. The number of carbonyl (C=O) groups excluding carboxylic acids is 2. The van der Waals surface area contributed by atoms with Crippen LogP contribution in [-0.2, 0) is 0 Å². The Hall–Kier alpha value is -4.58. The van der Waals surface area contributed by atoms with Crippen molar-refractivity contribution in [2.24, 2.45) is 0 Å². The van der Waals surface area contributed by atoms with E-state index in [-0.39, 0.29) is 11.8 Å². The first-order valence-corrected chi connectivity index (χ1v) is 10.1. The van der Waals surface area contributed by atoms with Crippen LogP contribution in [0.25, 0.3) is 0 Å². The van der Waals surface area contributed by atoms with Crippen LogP contribution < -0.4 is 21.3 Å². The molecule has 2 amide bonds. The number of para-hydroxylation sites is 4. The monoisotopic (exact) mass is 420 g/mol. The van der Waals surface area contributed by atoms with Crippen molar-refractivity contribution in [2.75, 3.05) is 21.3 Å². The summed E-state index contributed by atoms with van der Waals surface area (Å²) in [4.78, 5) is 30.5. The van der Waals surface area contributed by atoms with Gasteiger partial charge in [-0.1, -0.05) is 24.3 Å². The Morgan fingerprint density at radius 3 is 1.03 bits per heavy atom. The van der Waals surface area contributed by atoms with Gasteiger partial charge < -0.3 is 11.5 Å². The second-order valence-corrected chi connectivity index (χ2v) is 7.50. The fourth-order valence-electron chi connectivity index (χ4n) is 3.89. The number of benzene rings is 4. The van der Waals surface area contributed by atoms with Gasteiger partial charge in [0.05, 0.1) is 22.7 Å². The van der Waals surface area contributed by atoms with Crippen LogP contribution in [0.15, 0.2) is 97.1 Å². The lowest BCUT2D eigenvalue weighted by atomic mass is 10.0. The number of hydrogen-bond donors (Lipinski definition) is 2. The molecular formula is C26H20N4O2. The highest BCUT2D eigenvalue weighted by Crippen LogP contribution is 2.48. The molecule has 4 aromatic carbocycles. The van der Waals surface area contributed by atoms with Gasteiger partial charge in [-0.15, -0.1) is 0 Å². The molecule has 0 aliphatic carbocycles. The first-order chi connectivity index (χ1) is 15.5. The van der Waals surface area contributed by atoms with E-state index < -0.39 is 0 Å². The van der Waals surface area contributed by atoms with E-state index in [0.717, 1.165) is 0 Å². The largest absolute Gasteiger partial charge is 0.399 e. The molecule has 0 atom stereocenters. The maximum atomic E-state index is 13.6. The van der Waals surface area contributed by atoms with Gasteiger partial charge in [0.2, 0.25) is 0 Å². The molecule has 5 rings (SSSR count). The van der Waals surface area contributed by atoms with Crippen LogP contribution in [0.1, 0.15) is 20.7 Å². The normalized spacial score (nSPS) is 12.1. The van der Waals surface area contributed by atoms with Gasteiger partial charge in [0.15, 0.2) is 0 Å². The molecule has 0 radical (unpaired) electrons. The lowest BCUT2D eigenvalue weighted by Gasteiger charge is -2.38. The molecule has 1 aliphatic heterocycles. The lowest BCUT2D eigenvalue weighted by molar-refractivity contribution is 0.0984. The van der Waals surface area contributed by atoms with E-state index in [9.17, 15) is 9.59 Å². The number of hydrogen-bond acceptors (Lipinski definition) is 4. The number of amides is 2. The Balaban J connectivity index is 1.68. The zero-order valence-electron chi connectivity index (χ0n) is 17.1. The number of nitrogens with two attached hydrogens (primary N) is 2. The van der Waals surface area contributed by atoms with Crippen LogP contribution in [0.3, 0.4) is 0 Å². The quantitative estimate of drug-likeness (QED) is 0.440. The fourth-order valence-corrected chi connectivity index (χ4v) is 3.89. The van der Waals surface area contributed by atoms with Gasteiger partial charge in [-0.3, -0.25) is 19.4 Å². The third kappa shape index (κ3) is 3.15. The summed E-state index contributed by atoms with van der Waals surface area (Å²) in [5.41, 5.74) is 16.3. The SMILES string of the molecule is Nc1ccc(C(=O)N2c3ccccc3N(C(=O)c3ccc(N)cc3)c3ccccc32)cc1. The zero-order valence-corrected chi connectivity index (χ0v) is 17.1. The topological polar surface area (TPSA) is 92.7 Å². The number of nitrogens with zero attached hydrogens (tertiary/aromatic N) is 2. The van der Waals surface area contributed by atoms with Crippen LogP contribution in [0.4, 0.5) is 34.1 Å². The molecule has 1 aliphatic rings. The highest BCUT2D eigenvalue weighted by molar-refractivity contribution is 6.22. The van der Waals surface area contributed by atoms with E-state index in [0.29, 0.717) is 45.3 Å². The molecule has 156 valence electrons. The summed E-state index contributed by atoms with van der Waals surface area (Å²) in [5.74, 6) is -0.408. The van der Waals surface area contributed by atoms with Gasteiger partial charge in [0, 0.05) is 22.5 Å². The number of rotatable bonds is 2. The van der Waals surface area contributed by atoms with Gasteiger partial charge in [-0.05, 0) is 72.8 Å². The van der Waals surface area contributed by atoms with Crippen molar-refractivity contribution in [3.8, 4) is 0 Å². The molecule has 32 heavy (non-hydrogen) atoms. The summed E-state index contributed by atoms with van der Waals surface area (Å²) >= 11 is 0.